The van der Waals surface area contributed by atoms with Crippen LogP contribution in [-0.4, -0.2) is 36.3 Å². The molecule has 27 heavy (non-hydrogen) atoms. The van der Waals surface area contributed by atoms with Crippen molar-refractivity contribution in [2.24, 2.45) is 0 Å². The third-order valence-corrected chi connectivity index (χ3v) is 4.70. The Balaban J connectivity index is 2.34. The molecular formula is C13H14ClF5N6OS. The molecule has 0 fully saturated rings. The first-order chi connectivity index (χ1) is 12.5. The van der Waals surface area contributed by atoms with Crippen LogP contribution in [0.1, 0.15) is 43.5 Å². The van der Waals surface area contributed by atoms with Gasteiger partial charge < -0.3 is 0 Å². The maximum atomic E-state index is 13.1. The van der Waals surface area contributed by atoms with Crippen molar-refractivity contribution < 1.29 is 26.7 Å². The van der Waals surface area contributed by atoms with Crippen LogP contribution in [-0.2, 0) is 11.0 Å². The first kappa shape index (κ1) is 21.4. The summed E-state index contributed by atoms with van der Waals surface area (Å²) in [5, 5.41) is 9.62. The number of alkyl halides is 5. The van der Waals surface area contributed by atoms with Crippen molar-refractivity contribution in [1.82, 2.24) is 24.7 Å². The van der Waals surface area contributed by atoms with E-state index in [9.17, 15) is 26.7 Å². The third-order valence-electron chi connectivity index (χ3n) is 3.44. The maximum absolute atomic E-state index is 13.1. The normalized spacial score (nSPS) is 13.3. The lowest BCUT2D eigenvalue weighted by Crippen LogP contribution is -2.32. The summed E-state index contributed by atoms with van der Waals surface area (Å²) in [6.07, 6.45) is -7.82. The van der Waals surface area contributed by atoms with E-state index in [4.69, 9.17) is 11.6 Å². The molecule has 2 heterocycles. The zero-order valence-corrected chi connectivity index (χ0v) is 15.8. The number of nitrogens with zero attached hydrogens (tertiary/aromatic N) is 5. The number of amides is 1. The van der Waals surface area contributed by atoms with E-state index in [1.807, 2.05) is 0 Å². The van der Waals surface area contributed by atoms with Gasteiger partial charge in [0.15, 0.2) is 5.69 Å². The van der Waals surface area contributed by atoms with Crippen molar-refractivity contribution in [3.63, 3.8) is 0 Å². The van der Waals surface area contributed by atoms with Crippen molar-refractivity contribution in [2.75, 3.05) is 11.2 Å². The molecule has 0 saturated heterocycles. The Labute approximate surface area is 159 Å². The van der Waals surface area contributed by atoms with Crippen molar-refractivity contribution in [3.8, 4) is 0 Å². The molecule has 0 spiro atoms. The highest BCUT2D eigenvalue weighted by Gasteiger charge is 2.39. The Bertz CT molecular complexity index is 836. The molecule has 2 aromatic rings. The van der Waals surface area contributed by atoms with Crippen molar-refractivity contribution in [2.45, 2.75) is 44.6 Å². The predicted molar refractivity (Wildman–Crippen MR) is 87.4 cm³/mol. The van der Waals surface area contributed by atoms with Crippen LogP contribution in [0.15, 0.2) is 5.16 Å². The Morgan fingerprint density at radius 3 is 2.44 bits per heavy atom. The zero-order chi connectivity index (χ0) is 20.5. The van der Waals surface area contributed by atoms with Gasteiger partial charge in [-0.15, -0.1) is 10.2 Å². The molecule has 0 aliphatic rings. The van der Waals surface area contributed by atoms with Crippen LogP contribution in [0, 0.1) is 6.92 Å². The van der Waals surface area contributed by atoms with Gasteiger partial charge in [0.2, 0.25) is 11.0 Å². The summed E-state index contributed by atoms with van der Waals surface area (Å²) in [5.41, 5.74) is 0.763. The van der Waals surface area contributed by atoms with Crippen molar-refractivity contribution in [3.05, 3.63) is 22.2 Å². The second-order valence-electron chi connectivity index (χ2n) is 5.25. The topological polar surface area (TPSA) is 77.6 Å². The number of hydrogen-bond donors (Lipinski definition) is 1. The average molecular weight is 433 g/mol. The van der Waals surface area contributed by atoms with Crippen LogP contribution in [0.5, 0.6) is 0 Å². The summed E-state index contributed by atoms with van der Waals surface area (Å²) in [6.45, 7) is 4.25. The number of aromatic nitrogens is 5. The van der Waals surface area contributed by atoms with Gasteiger partial charge in [0, 0.05) is 0 Å². The number of rotatable bonds is 6. The first-order valence-electron chi connectivity index (χ1n) is 7.47. The van der Waals surface area contributed by atoms with Gasteiger partial charge in [-0.1, -0.05) is 30.3 Å². The Morgan fingerprint density at radius 1 is 1.33 bits per heavy atom. The van der Waals surface area contributed by atoms with Gasteiger partial charge in [0.25, 0.3) is 12.3 Å². The van der Waals surface area contributed by atoms with Gasteiger partial charge in [-0.05, 0) is 19.6 Å². The minimum Gasteiger partial charge on any atom is -0.271 e. The van der Waals surface area contributed by atoms with Crippen LogP contribution >= 0.6 is 23.4 Å². The lowest BCUT2D eigenvalue weighted by atomic mass is 10.3. The maximum Gasteiger partial charge on any atom is 0.436 e. The monoisotopic (exact) mass is 432 g/mol. The zero-order valence-electron chi connectivity index (χ0n) is 14.2. The molecule has 0 radical (unpaired) electrons. The number of nitrogens with one attached hydrogen (secondary N) is 1. The fourth-order valence-corrected chi connectivity index (χ4v) is 2.98. The summed E-state index contributed by atoms with van der Waals surface area (Å²) in [4.78, 5) is 12.4. The summed E-state index contributed by atoms with van der Waals surface area (Å²) in [7, 11) is 0. The van der Waals surface area contributed by atoms with Crippen LogP contribution in [0.4, 0.5) is 22.0 Å². The molecule has 0 aliphatic carbocycles. The molecule has 7 nitrogen and oxygen atoms in total. The van der Waals surface area contributed by atoms with E-state index >= 15 is 0 Å². The lowest BCUT2D eigenvalue weighted by molar-refractivity contribution is -0.141. The molecule has 1 amide bonds. The second kappa shape index (κ2) is 8.00. The number of hydrogen-bond acceptors (Lipinski definition) is 5. The third kappa shape index (κ3) is 4.34. The van der Waals surface area contributed by atoms with E-state index in [1.165, 1.54) is 13.8 Å². The molecule has 1 atom stereocenters. The molecule has 150 valence electrons. The molecule has 2 rings (SSSR count). The van der Waals surface area contributed by atoms with Gasteiger partial charge in [0.1, 0.15) is 6.04 Å². The number of thioether (sulfide) groups is 1. The SMILES string of the molecule is CCSc1nnc(C(F)F)n1NC(=O)[C@@H](C)n1nc(C(F)(F)F)c(Cl)c1C. The quantitative estimate of drug-likeness (QED) is 0.554. The minimum atomic E-state index is -4.80. The van der Waals surface area contributed by atoms with Gasteiger partial charge in [-0.25, -0.2) is 13.5 Å². The Morgan fingerprint density at radius 2 is 1.96 bits per heavy atom. The summed E-state index contributed by atoms with van der Waals surface area (Å²) in [6, 6.07) is -1.27. The summed E-state index contributed by atoms with van der Waals surface area (Å²) >= 11 is 6.71. The van der Waals surface area contributed by atoms with Crippen LogP contribution in [0.2, 0.25) is 5.02 Å². The highest BCUT2D eigenvalue weighted by molar-refractivity contribution is 7.99. The first-order valence-corrected chi connectivity index (χ1v) is 8.84. The van der Waals surface area contributed by atoms with E-state index in [-0.39, 0.29) is 10.9 Å². The van der Waals surface area contributed by atoms with E-state index in [2.05, 4.69) is 20.7 Å². The van der Waals surface area contributed by atoms with Gasteiger partial charge in [-0.2, -0.15) is 18.3 Å². The van der Waals surface area contributed by atoms with Crippen LogP contribution in [0.25, 0.3) is 0 Å². The number of carbonyl (C=O) groups is 1. The fraction of sp³-hybridized carbons (Fsp3) is 0.538. The van der Waals surface area contributed by atoms with Gasteiger partial charge in [0.05, 0.1) is 10.7 Å². The van der Waals surface area contributed by atoms with Crippen LogP contribution in [0.3, 0.4) is 0 Å². The van der Waals surface area contributed by atoms with E-state index < -0.39 is 41.1 Å². The summed E-state index contributed by atoms with van der Waals surface area (Å²) < 4.78 is 66.4. The second-order valence-corrected chi connectivity index (χ2v) is 6.86. The molecule has 2 aromatic heterocycles. The predicted octanol–water partition coefficient (Wildman–Crippen LogP) is 3.84. The Hall–Kier alpha value is -1.89. The minimum absolute atomic E-state index is 0.0135. The highest BCUT2D eigenvalue weighted by Crippen LogP contribution is 2.36. The Kier molecular flexibility index (Phi) is 6.35. The largest absolute Gasteiger partial charge is 0.436 e. The molecule has 0 aliphatic heterocycles. The number of halogens is 6. The lowest BCUT2D eigenvalue weighted by Gasteiger charge is -2.16. The van der Waals surface area contributed by atoms with Crippen LogP contribution < -0.4 is 5.43 Å². The molecular weight excluding hydrogens is 419 g/mol. The smallest absolute Gasteiger partial charge is 0.271 e. The standard InChI is InChI=1S/C13H14ClF5N6OS/c1-4-27-12-21-20-10(9(15)16)25(12)23-11(26)6(3)24-5(2)7(14)8(22-24)13(17,18)19/h6,9H,4H2,1-3H3,(H,23,26)/t6-/m1/s1. The molecule has 1 N–H and O–H groups in total. The highest BCUT2D eigenvalue weighted by atomic mass is 35.5. The molecule has 14 heteroatoms. The van der Waals surface area contributed by atoms with Crippen molar-refractivity contribution in [1.29, 1.82) is 0 Å². The molecule has 0 aromatic carbocycles. The molecule has 0 saturated carbocycles. The fourth-order valence-electron chi connectivity index (χ4n) is 2.12. The molecule has 0 bridgehead atoms. The average Bonchev–Trinajstić information content (AvgIpc) is 3.09. The van der Waals surface area contributed by atoms with E-state index in [1.54, 1.807) is 6.92 Å². The van der Waals surface area contributed by atoms with E-state index in [0.29, 0.717) is 10.4 Å². The molecule has 0 unspecified atom stereocenters. The van der Waals surface area contributed by atoms with Crippen molar-refractivity contribution >= 4 is 29.3 Å². The summed E-state index contributed by atoms with van der Waals surface area (Å²) in [5.74, 6) is -1.22. The van der Waals surface area contributed by atoms with Gasteiger partial charge in [-0.3, -0.25) is 14.9 Å². The number of carbonyl (C=O) groups excluding carboxylic acids is 1. The van der Waals surface area contributed by atoms with E-state index in [0.717, 1.165) is 16.4 Å². The van der Waals surface area contributed by atoms with Gasteiger partial charge >= 0.3 is 6.18 Å².